The van der Waals surface area contributed by atoms with Gasteiger partial charge in [-0.25, -0.2) is 0 Å². The number of nitrogens with one attached hydrogen (secondary N) is 1. The third-order valence-electron chi connectivity index (χ3n) is 1.99. The van der Waals surface area contributed by atoms with Gasteiger partial charge in [0, 0.05) is 13.0 Å². The summed E-state index contributed by atoms with van der Waals surface area (Å²) in [5.41, 5.74) is 0.223. The van der Waals surface area contributed by atoms with Crippen LogP contribution in [0.3, 0.4) is 0 Å². The number of carbonyl (C=O) groups is 1. The van der Waals surface area contributed by atoms with Gasteiger partial charge in [-0.15, -0.1) is 0 Å². The first-order valence-electron chi connectivity index (χ1n) is 3.87. The Bertz CT molecular complexity index is 140. The van der Waals surface area contributed by atoms with Crippen molar-refractivity contribution in [2.75, 3.05) is 6.54 Å². The fourth-order valence-electron chi connectivity index (χ4n) is 1.38. The Hall–Kier alpha value is -0.530. The molecule has 0 radical (unpaired) electrons. The molecule has 1 rings (SSSR count). The molecule has 58 valence electrons. The van der Waals surface area contributed by atoms with Crippen LogP contribution in [0.1, 0.15) is 33.1 Å². The van der Waals surface area contributed by atoms with E-state index in [9.17, 15) is 4.79 Å². The molecule has 0 atom stereocenters. The van der Waals surface area contributed by atoms with E-state index in [1.807, 2.05) is 0 Å². The molecule has 0 aromatic rings. The minimum Gasteiger partial charge on any atom is -0.356 e. The normalized spacial score (nSPS) is 25.2. The van der Waals surface area contributed by atoms with Crippen LogP contribution in [0.25, 0.3) is 0 Å². The zero-order chi connectivity index (χ0) is 7.61. The lowest BCUT2D eigenvalue weighted by Gasteiger charge is -2.19. The predicted octanol–water partition coefficient (Wildman–Crippen LogP) is 1.31. The lowest BCUT2D eigenvalue weighted by molar-refractivity contribution is -0.122. The average Bonchev–Trinajstić information content (AvgIpc) is 1.90. The van der Waals surface area contributed by atoms with Gasteiger partial charge in [0.2, 0.25) is 5.91 Å². The molecule has 0 bridgehead atoms. The van der Waals surface area contributed by atoms with Crippen LogP contribution in [0.15, 0.2) is 0 Å². The predicted molar refractivity (Wildman–Crippen MR) is 40.6 cm³/mol. The van der Waals surface area contributed by atoms with Gasteiger partial charge in [0.15, 0.2) is 0 Å². The van der Waals surface area contributed by atoms with Gasteiger partial charge in [-0.1, -0.05) is 13.8 Å². The summed E-state index contributed by atoms with van der Waals surface area (Å²) in [6.07, 6.45) is 2.97. The van der Waals surface area contributed by atoms with Crippen molar-refractivity contribution in [3.8, 4) is 0 Å². The van der Waals surface area contributed by atoms with E-state index < -0.39 is 0 Å². The van der Waals surface area contributed by atoms with Crippen molar-refractivity contribution in [3.05, 3.63) is 0 Å². The largest absolute Gasteiger partial charge is 0.356 e. The minimum atomic E-state index is 0.211. The molecule has 0 saturated carbocycles. The average molecular weight is 141 g/mol. The van der Waals surface area contributed by atoms with E-state index in [0.29, 0.717) is 6.42 Å². The van der Waals surface area contributed by atoms with Crippen LogP contribution in [-0.2, 0) is 4.79 Å². The van der Waals surface area contributed by atoms with Crippen molar-refractivity contribution in [1.82, 2.24) is 5.32 Å². The van der Waals surface area contributed by atoms with Gasteiger partial charge in [-0.3, -0.25) is 4.79 Å². The zero-order valence-corrected chi connectivity index (χ0v) is 6.74. The molecule has 0 spiro atoms. The van der Waals surface area contributed by atoms with Crippen LogP contribution in [0, 0.1) is 5.41 Å². The minimum absolute atomic E-state index is 0.211. The van der Waals surface area contributed by atoms with Crippen molar-refractivity contribution in [2.24, 2.45) is 5.41 Å². The Kier molecular flexibility index (Phi) is 1.97. The summed E-state index contributed by atoms with van der Waals surface area (Å²) < 4.78 is 0. The number of hydrogen-bond donors (Lipinski definition) is 1. The molecule has 2 nitrogen and oxygen atoms in total. The highest BCUT2D eigenvalue weighted by molar-refractivity contribution is 5.76. The maximum atomic E-state index is 11.0. The van der Waals surface area contributed by atoms with Gasteiger partial charge in [0.05, 0.1) is 0 Å². The Morgan fingerprint density at radius 2 is 2.20 bits per heavy atom. The molecular weight excluding hydrogens is 126 g/mol. The van der Waals surface area contributed by atoms with E-state index in [1.165, 1.54) is 0 Å². The standard InChI is InChI=1S/C8H15NO/c1-8(2)4-3-5-9-7(10)6-8/h3-6H2,1-2H3,(H,9,10). The Labute approximate surface area is 62.0 Å². The molecule has 0 unspecified atom stereocenters. The summed E-state index contributed by atoms with van der Waals surface area (Å²) in [5, 5.41) is 2.86. The molecule has 1 saturated heterocycles. The first-order valence-corrected chi connectivity index (χ1v) is 3.87. The van der Waals surface area contributed by atoms with E-state index in [-0.39, 0.29) is 11.3 Å². The summed E-state index contributed by atoms with van der Waals surface area (Å²) >= 11 is 0. The maximum absolute atomic E-state index is 11.0. The van der Waals surface area contributed by atoms with Crippen LogP contribution in [-0.4, -0.2) is 12.5 Å². The van der Waals surface area contributed by atoms with Gasteiger partial charge >= 0.3 is 0 Å². The Balaban J connectivity index is 2.54. The van der Waals surface area contributed by atoms with Crippen molar-refractivity contribution < 1.29 is 4.79 Å². The SMILES string of the molecule is CC1(C)CCCNC(=O)C1. The van der Waals surface area contributed by atoms with Crippen LogP contribution in [0.5, 0.6) is 0 Å². The Morgan fingerprint density at radius 3 is 2.90 bits per heavy atom. The lowest BCUT2D eigenvalue weighted by atomic mass is 9.85. The van der Waals surface area contributed by atoms with Gasteiger partial charge in [-0.2, -0.15) is 0 Å². The fraction of sp³-hybridized carbons (Fsp3) is 0.875. The van der Waals surface area contributed by atoms with E-state index >= 15 is 0 Å². The summed E-state index contributed by atoms with van der Waals surface area (Å²) in [7, 11) is 0. The molecule has 2 heteroatoms. The van der Waals surface area contributed by atoms with E-state index in [0.717, 1.165) is 19.4 Å². The molecule has 0 aromatic carbocycles. The van der Waals surface area contributed by atoms with Gasteiger partial charge < -0.3 is 5.32 Å². The fourth-order valence-corrected chi connectivity index (χ4v) is 1.38. The third kappa shape index (κ3) is 2.01. The maximum Gasteiger partial charge on any atom is 0.220 e. The summed E-state index contributed by atoms with van der Waals surface area (Å²) in [5.74, 6) is 0.211. The number of hydrogen-bond acceptors (Lipinski definition) is 1. The Morgan fingerprint density at radius 1 is 1.50 bits per heavy atom. The highest BCUT2D eigenvalue weighted by Gasteiger charge is 2.23. The monoisotopic (exact) mass is 141 g/mol. The second-order valence-corrected chi connectivity index (χ2v) is 3.79. The molecule has 1 amide bonds. The molecule has 1 aliphatic heterocycles. The van der Waals surface area contributed by atoms with Crippen LogP contribution >= 0.6 is 0 Å². The van der Waals surface area contributed by atoms with Crippen LogP contribution in [0.2, 0.25) is 0 Å². The van der Waals surface area contributed by atoms with E-state index in [2.05, 4.69) is 19.2 Å². The van der Waals surface area contributed by atoms with Crippen molar-refractivity contribution in [3.63, 3.8) is 0 Å². The van der Waals surface area contributed by atoms with Crippen LogP contribution in [0.4, 0.5) is 0 Å². The molecule has 0 aliphatic carbocycles. The molecule has 10 heavy (non-hydrogen) atoms. The van der Waals surface area contributed by atoms with Gasteiger partial charge in [0.1, 0.15) is 0 Å². The quantitative estimate of drug-likeness (QED) is 0.541. The van der Waals surface area contributed by atoms with Gasteiger partial charge in [0.25, 0.3) is 0 Å². The number of carbonyl (C=O) groups excluding carboxylic acids is 1. The first kappa shape index (κ1) is 7.58. The smallest absolute Gasteiger partial charge is 0.220 e. The molecule has 1 fully saturated rings. The van der Waals surface area contributed by atoms with E-state index in [1.54, 1.807) is 0 Å². The second-order valence-electron chi connectivity index (χ2n) is 3.79. The molecule has 1 aliphatic rings. The first-order chi connectivity index (χ1) is 4.60. The highest BCUT2D eigenvalue weighted by Crippen LogP contribution is 2.27. The second kappa shape index (κ2) is 2.60. The highest BCUT2D eigenvalue weighted by atomic mass is 16.1. The molecular formula is C8H15NO. The topological polar surface area (TPSA) is 29.1 Å². The van der Waals surface area contributed by atoms with E-state index in [4.69, 9.17) is 0 Å². The summed E-state index contributed by atoms with van der Waals surface area (Å²) in [6.45, 7) is 5.16. The van der Waals surface area contributed by atoms with Crippen LogP contribution < -0.4 is 5.32 Å². The lowest BCUT2D eigenvalue weighted by Crippen LogP contribution is -2.24. The van der Waals surface area contributed by atoms with Crippen molar-refractivity contribution in [2.45, 2.75) is 33.1 Å². The third-order valence-corrected chi connectivity index (χ3v) is 1.99. The summed E-state index contributed by atoms with van der Waals surface area (Å²) in [4.78, 5) is 11.0. The number of rotatable bonds is 0. The van der Waals surface area contributed by atoms with Crippen molar-refractivity contribution in [1.29, 1.82) is 0 Å². The van der Waals surface area contributed by atoms with Gasteiger partial charge in [-0.05, 0) is 18.3 Å². The summed E-state index contributed by atoms with van der Waals surface area (Å²) in [6, 6.07) is 0. The zero-order valence-electron chi connectivity index (χ0n) is 6.74. The number of amides is 1. The molecule has 1 heterocycles. The molecule has 1 N–H and O–H groups in total. The van der Waals surface area contributed by atoms with Crippen molar-refractivity contribution >= 4 is 5.91 Å². The molecule has 0 aromatic heterocycles.